The number of aryl methyl sites for hydroxylation is 1. The minimum atomic E-state index is -0.213. The van der Waals surface area contributed by atoms with Crippen LogP contribution in [0.1, 0.15) is 26.7 Å². The molecule has 1 aromatic heterocycles. The van der Waals surface area contributed by atoms with Crippen LogP contribution in [0, 0.1) is 0 Å². The molecule has 0 aliphatic carbocycles. The predicted octanol–water partition coefficient (Wildman–Crippen LogP) is 0.420. The van der Waals surface area contributed by atoms with Crippen LogP contribution in [-0.2, 0) is 13.1 Å². The van der Waals surface area contributed by atoms with Crippen LogP contribution in [-0.4, -0.2) is 22.2 Å². The maximum Gasteiger partial charge on any atom is 0.330 e. The van der Waals surface area contributed by atoms with Crippen molar-refractivity contribution in [3.05, 3.63) is 33.1 Å². The van der Waals surface area contributed by atoms with E-state index in [0.29, 0.717) is 13.1 Å². The summed E-state index contributed by atoms with van der Waals surface area (Å²) in [6.45, 7) is 6.87. The first-order valence-corrected chi connectivity index (χ1v) is 6.21. The second-order valence-electron chi connectivity index (χ2n) is 3.98. The lowest BCUT2D eigenvalue weighted by Gasteiger charge is -2.08. The van der Waals surface area contributed by atoms with Gasteiger partial charge in [-0.05, 0) is 32.9 Å². The smallest absolute Gasteiger partial charge is 0.317 e. The van der Waals surface area contributed by atoms with Crippen molar-refractivity contribution in [3.8, 4) is 0 Å². The van der Waals surface area contributed by atoms with Gasteiger partial charge in [0.1, 0.15) is 0 Å². The Kier molecular flexibility index (Phi) is 5.69. The highest BCUT2D eigenvalue weighted by Crippen LogP contribution is 1.83. The van der Waals surface area contributed by atoms with Crippen molar-refractivity contribution >= 4 is 0 Å². The Labute approximate surface area is 101 Å². The Balaban J connectivity index is 2.64. The van der Waals surface area contributed by atoms with E-state index in [0.717, 1.165) is 25.9 Å². The van der Waals surface area contributed by atoms with E-state index in [1.54, 1.807) is 10.8 Å². The molecule has 0 radical (unpaired) electrons. The van der Waals surface area contributed by atoms with Crippen LogP contribution in [0.5, 0.6) is 0 Å². The minimum absolute atomic E-state index is 0.213. The summed E-state index contributed by atoms with van der Waals surface area (Å²) in [6, 6.07) is 1.45. The summed E-state index contributed by atoms with van der Waals surface area (Å²) in [5, 5.41) is 3.25. The van der Waals surface area contributed by atoms with Gasteiger partial charge in [-0.2, -0.15) is 0 Å². The standard InChI is InChI=1S/C12H21N3O2/c1-3-7-13-8-5-9-15-11(16)6-10-14(4-2)12(15)17/h6,10,13H,3-5,7-9H2,1-2H3. The third kappa shape index (κ3) is 3.85. The molecule has 0 bridgehead atoms. The summed E-state index contributed by atoms with van der Waals surface area (Å²) in [7, 11) is 0. The van der Waals surface area contributed by atoms with Crippen molar-refractivity contribution in [3.63, 3.8) is 0 Å². The SMILES string of the molecule is CCCNCCCn1c(=O)ccn(CC)c1=O. The molecule has 0 atom stereocenters. The lowest BCUT2D eigenvalue weighted by atomic mass is 10.4. The average Bonchev–Trinajstić information content (AvgIpc) is 2.33. The van der Waals surface area contributed by atoms with Crippen molar-refractivity contribution in [1.29, 1.82) is 0 Å². The van der Waals surface area contributed by atoms with E-state index < -0.39 is 0 Å². The molecule has 5 heteroatoms. The van der Waals surface area contributed by atoms with E-state index in [9.17, 15) is 9.59 Å². The van der Waals surface area contributed by atoms with Crippen molar-refractivity contribution in [2.45, 2.75) is 39.8 Å². The maximum atomic E-state index is 11.8. The summed E-state index contributed by atoms with van der Waals surface area (Å²) in [4.78, 5) is 23.4. The zero-order valence-corrected chi connectivity index (χ0v) is 10.6. The molecule has 0 unspecified atom stereocenters. The Morgan fingerprint density at radius 1 is 1.24 bits per heavy atom. The lowest BCUT2D eigenvalue weighted by Crippen LogP contribution is -2.39. The fourth-order valence-corrected chi connectivity index (χ4v) is 1.67. The van der Waals surface area contributed by atoms with E-state index in [1.807, 2.05) is 6.92 Å². The zero-order valence-electron chi connectivity index (χ0n) is 10.6. The molecule has 5 nitrogen and oxygen atoms in total. The Bertz CT molecular complexity index is 448. The van der Waals surface area contributed by atoms with E-state index in [4.69, 9.17) is 0 Å². The van der Waals surface area contributed by atoms with Crippen molar-refractivity contribution in [1.82, 2.24) is 14.5 Å². The summed E-state index contributed by atoms with van der Waals surface area (Å²) < 4.78 is 2.85. The highest BCUT2D eigenvalue weighted by molar-refractivity contribution is 4.86. The molecule has 0 fully saturated rings. The van der Waals surface area contributed by atoms with Gasteiger partial charge in [0.2, 0.25) is 0 Å². The molecule has 0 aliphatic rings. The van der Waals surface area contributed by atoms with Gasteiger partial charge < -0.3 is 9.88 Å². The largest absolute Gasteiger partial charge is 0.330 e. The monoisotopic (exact) mass is 239 g/mol. The molecule has 0 saturated carbocycles. The number of aromatic nitrogens is 2. The van der Waals surface area contributed by atoms with Gasteiger partial charge in [0.05, 0.1) is 0 Å². The van der Waals surface area contributed by atoms with E-state index in [2.05, 4.69) is 12.2 Å². The van der Waals surface area contributed by atoms with Crippen LogP contribution in [0.25, 0.3) is 0 Å². The van der Waals surface area contributed by atoms with Crippen LogP contribution >= 0.6 is 0 Å². The quantitative estimate of drug-likeness (QED) is 0.702. The van der Waals surface area contributed by atoms with Gasteiger partial charge in [-0.15, -0.1) is 0 Å². The number of nitrogens with one attached hydrogen (secondary N) is 1. The molecule has 1 heterocycles. The zero-order chi connectivity index (χ0) is 12.7. The van der Waals surface area contributed by atoms with Crippen molar-refractivity contribution in [2.75, 3.05) is 13.1 Å². The highest BCUT2D eigenvalue weighted by Gasteiger charge is 2.03. The second kappa shape index (κ2) is 7.06. The molecule has 1 N–H and O–H groups in total. The summed E-state index contributed by atoms with van der Waals surface area (Å²) in [6.07, 6.45) is 3.44. The molecule has 0 amide bonds. The van der Waals surface area contributed by atoms with Crippen LogP contribution < -0.4 is 16.6 Å². The Morgan fingerprint density at radius 2 is 2.00 bits per heavy atom. The first-order valence-electron chi connectivity index (χ1n) is 6.21. The van der Waals surface area contributed by atoms with Crippen molar-refractivity contribution in [2.24, 2.45) is 0 Å². The molecule has 0 saturated heterocycles. The minimum Gasteiger partial charge on any atom is -0.317 e. The van der Waals surface area contributed by atoms with Crippen LogP contribution in [0.2, 0.25) is 0 Å². The van der Waals surface area contributed by atoms with Gasteiger partial charge in [-0.25, -0.2) is 4.79 Å². The van der Waals surface area contributed by atoms with E-state index in [1.165, 1.54) is 10.6 Å². The topological polar surface area (TPSA) is 56.0 Å². The third-order valence-corrected chi connectivity index (χ3v) is 2.64. The summed E-state index contributed by atoms with van der Waals surface area (Å²) in [5.74, 6) is 0. The lowest BCUT2D eigenvalue weighted by molar-refractivity contribution is 0.523. The molecule has 17 heavy (non-hydrogen) atoms. The van der Waals surface area contributed by atoms with E-state index >= 15 is 0 Å². The molecule has 1 rings (SSSR count). The average molecular weight is 239 g/mol. The Hall–Kier alpha value is -1.36. The molecular weight excluding hydrogens is 218 g/mol. The molecule has 0 aliphatic heterocycles. The maximum absolute atomic E-state index is 11.8. The molecule has 96 valence electrons. The van der Waals surface area contributed by atoms with Gasteiger partial charge in [0, 0.05) is 25.4 Å². The van der Waals surface area contributed by atoms with Crippen molar-refractivity contribution < 1.29 is 0 Å². The predicted molar refractivity (Wildman–Crippen MR) is 68.4 cm³/mol. The number of hydrogen-bond donors (Lipinski definition) is 1. The fourth-order valence-electron chi connectivity index (χ4n) is 1.67. The van der Waals surface area contributed by atoms with Crippen LogP contribution in [0.4, 0.5) is 0 Å². The fraction of sp³-hybridized carbons (Fsp3) is 0.667. The van der Waals surface area contributed by atoms with Crippen LogP contribution in [0.15, 0.2) is 21.9 Å². The molecular formula is C12H21N3O2. The van der Waals surface area contributed by atoms with Gasteiger partial charge in [0.25, 0.3) is 5.56 Å². The molecule has 0 aromatic carbocycles. The number of nitrogens with zero attached hydrogens (tertiary/aromatic N) is 2. The summed E-state index contributed by atoms with van der Waals surface area (Å²) >= 11 is 0. The number of rotatable bonds is 7. The van der Waals surface area contributed by atoms with Gasteiger partial charge in [0.15, 0.2) is 0 Å². The first-order chi connectivity index (χ1) is 8.20. The number of hydrogen-bond acceptors (Lipinski definition) is 3. The van der Waals surface area contributed by atoms with Gasteiger partial charge in [-0.3, -0.25) is 9.36 Å². The summed E-state index contributed by atoms with van der Waals surface area (Å²) in [5.41, 5.74) is -0.425. The van der Waals surface area contributed by atoms with Gasteiger partial charge >= 0.3 is 5.69 Å². The first kappa shape index (κ1) is 13.7. The second-order valence-corrected chi connectivity index (χ2v) is 3.98. The Morgan fingerprint density at radius 3 is 2.65 bits per heavy atom. The van der Waals surface area contributed by atoms with Gasteiger partial charge in [-0.1, -0.05) is 6.92 Å². The third-order valence-electron chi connectivity index (χ3n) is 2.64. The van der Waals surface area contributed by atoms with Crippen LogP contribution in [0.3, 0.4) is 0 Å². The highest BCUT2D eigenvalue weighted by atomic mass is 16.2. The molecule has 0 spiro atoms. The van der Waals surface area contributed by atoms with E-state index in [-0.39, 0.29) is 11.2 Å². The normalized spacial score (nSPS) is 10.7. The molecule has 1 aromatic rings.